The Labute approximate surface area is 354 Å². The summed E-state index contributed by atoms with van der Waals surface area (Å²) in [6.07, 6.45) is 17.0. The number of nitrogens with one attached hydrogen (secondary N) is 1. The molecule has 12 unspecified atom stereocenters. The fraction of sp³-hybridized carbons (Fsp3) is 0.889. The van der Waals surface area contributed by atoms with E-state index >= 15 is 0 Å². The van der Waals surface area contributed by atoms with E-state index in [1.165, 1.54) is 83.5 Å². The molecule has 9 N–H and O–H groups in total. The van der Waals surface area contributed by atoms with Gasteiger partial charge in [0.05, 0.1) is 32.0 Å². The summed E-state index contributed by atoms with van der Waals surface area (Å²) in [5.41, 5.74) is 0. The number of aliphatic hydroxyl groups excluding tert-OH is 8. The predicted octanol–water partition coefficient (Wildman–Crippen LogP) is 4.60. The number of allylic oxidation sites excluding steroid dienone is 3. The first-order chi connectivity index (χ1) is 28.6. The van der Waals surface area contributed by atoms with E-state index in [0.29, 0.717) is 12.8 Å². The maximum absolute atomic E-state index is 12.9. The average Bonchev–Trinajstić information content (AvgIpc) is 3.23. The molecule has 0 radical (unpaired) electrons. The number of ether oxygens (including phenoxy) is 4. The zero-order valence-electron chi connectivity index (χ0n) is 36.2. The highest BCUT2D eigenvalue weighted by molar-refractivity contribution is 5.76. The van der Waals surface area contributed by atoms with Crippen LogP contribution in [0.2, 0.25) is 0 Å². The molecule has 59 heavy (non-hydrogen) atoms. The molecular formula is C45H83NO13. The lowest BCUT2D eigenvalue weighted by molar-refractivity contribution is -0.359. The van der Waals surface area contributed by atoms with Gasteiger partial charge in [-0.15, -0.1) is 0 Å². The molecule has 0 aromatic rings. The van der Waals surface area contributed by atoms with Crippen molar-refractivity contribution in [3.8, 4) is 0 Å². The van der Waals surface area contributed by atoms with Crippen molar-refractivity contribution < 1.29 is 64.6 Å². The van der Waals surface area contributed by atoms with Gasteiger partial charge < -0.3 is 65.1 Å². The molecule has 12 atom stereocenters. The Morgan fingerprint density at radius 2 is 1.08 bits per heavy atom. The van der Waals surface area contributed by atoms with Gasteiger partial charge in [0, 0.05) is 6.42 Å². The highest BCUT2D eigenvalue weighted by Crippen LogP contribution is 2.30. The highest BCUT2D eigenvalue weighted by Gasteiger charge is 2.50. The summed E-state index contributed by atoms with van der Waals surface area (Å²) in [5.74, 6) is -0.260. The van der Waals surface area contributed by atoms with E-state index in [1.54, 1.807) is 6.08 Å². The molecule has 0 spiro atoms. The predicted molar refractivity (Wildman–Crippen MR) is 226 cm³/mol. The van der Waals surface area contributed by atoms with Crippen molar-refractivity contribution in [3.05, 3.63) is 24.3 Å². The van der Waals surface area contributed by atoms with Gasteiger partial charge in [-0.2, -0.15) is 0 Å². The molecular weight excluding hydrogens is 762 g/mol. The minimum Gasteiger partial charge on any atom is -0.394 e. The van der Waals surface area contributed by atoms with Crippen LogP contribution in [-0.4, -0.2) is 140 Å². The van der Waals surface area contributed by atoms with Crippen LogP contribution in [0.25, 0.3) is 0 Å². The Morgan fingerprint density at radius 1 is 0.593 bits per heavy atom. The van der Waals surface area contributed by atoms with E-state index in [0.717, 1.165) is 44.9 Å². The monoisotopic (exact) mass is 846 g/mol. The van der Waals surface area contributed by atoms with Crippen LogP contribution >= 0.6 is 0 Å². The third kappa shape index (κ3) is 21.4. The Kier molecular flexibility index (Phi) is 30.1. The van der Waals surface area contributed by atoms with Gasteiger partial charge in [-0.1, -0.05) is 147 Å². The summed E-state index contributed by atoms with van der Waals surface area (Å²) in [7, 11) is 0. The molecule has 2 aliphatic heterocycles. The maximum atomic E-state index is 12.9. The van der Waals surface area contributed by atoms with E-state index in [-0.39, 0.29) is 18.9 Å². The van der Waals surface area contributed by atoms with Gasteiger partial charge >= 0.3 is 0 Å². The van der Waals surface area contributed by atoms with Gasteiger partial charge in [-0.3, -0.25) is 4.79 Å². The largest absolute Gasteiger partial charge is 0.394 e. The molecule has 14 heteroatoms. The number of hydrogen-bond acceptors (Lipinski definition) is 13. The zero-order valence-corrected chi connectivity index (χ0v) is 36.2. The lowest BCUT2D eigenvalue weighted by Gasteiger charge is -2.46. The Balaban J connectivity index is 1.84. The standard InChI is InChI=1S/C45H83NO13/c1-3-5-7-9-11-12-13-14-15-16-17-18-19-20-21-22-23-24-26-28-34(49)33(46-37(50)29-27-25-10-8-6-4-2)32-56-44-42(55)40(53)43(36(31-48)58-44)59-45-41(54)39(52)38(51)35(30-47)57-45/h21-22,26,28,33-36,38-45,47-49,51-55H,3-20,23-25,27,29-32H2,1-2H3,(H,46,50)/b22-21+,28-26+. The van der Waals surface area contributed by atoms with Crippen molar-refractivity contribution in [2.45, 2.75) is 235 Å². The van der Waals surface area contributed by atoms with Crippen molar-refractivity contribution in [2.75, 3.05) is 19.8 Å². The minimum absolute atomic E-state index is 0.260. The molecule has 2 heterocycles. The van der Waals surface area contributed by atoms with Gasteiger partial charge in [0.15, 0.2) is 12.6 Å². The summed E-state index contributed by atoms with van der Waals surface area (Å²) >= 11 is 0. The van der Waals surface area contributed by atoms with E-state index in [4.69, 9.17) is 18.9 Å². The highest BCUT2D eigenvalue weighted by atomic mass is 16.7. The molecule has 1 amide bonds. The first-order valence-electron chi connectivity index (χ1n) is 23.1. The molecule has 2 saturated heterocycles. The molecule has 0 bridgehead atoms. The second-order valence-electron chi connectivity index (χ2n) is 16.5. The topological polar surface area (TPSA) is 228 Å². The molecule has 2 aliphatic rings. The molecule has 2 rings (SSSR count). The van der Waals surface area contributed by atoms with Crippen LogP contribution < -0.4 is 5.32 Å². The lowest BCUT2D eigenvalue weighted by atomic mass is 9.97. The van der Waals surface area contributed by atoms with Gasteiger partial charge in [0.25, 0.3) is 0 Å². The molecule has 14 nitrogen and oxygen atoms in total. The fourth-order valence-electron chi connectivity index (χ4n) is 7.54. The minimum atomic E-state index is -1.79. The number of amides is 1. The van der Waals surface area contributed by atoms with Crippen molar-refractivity contribution in [2.24, 2.45) is 0 Å². The summed E-state index contributed by atoms with van der Waals surface area (Å²) in [5, 5.41) is 86.2. The molecule has 2 fully saturated rings. The van der Waals surface area contributed by atoms with Gasteiger partial charge in [0.2, 0.25) is 5.91 Å². The zero-order chi connectivity index (χ0) is 43.3. The smallest absolute Gasteiger partial charge is 0.220 e. The van der Waals surface area contributed by atoms with Gasteiger partial charge in [-0.05, 0) is 32.1 Å². The average molecular weight is 846 g/mol. The van der Waals surface area contributed by atoms with E-state index in [9.17, 15) is 45.6 Å². The lowest BCUT2D eigenvalue weighted by Crippen LogP contribution is -2.65. The second kappa shape index (κ2) is 33.1. The number of unbranched alkanes of at least 4 members (excludes halogenated alkanes) is 19. The van der Waals surface area contributed by atoms with E-state index < -0.39 is 86.8 Å². The Morgan fingerprint density at radius 3 is 1.66 bits per heavy atom. The first-order valence-corrected chi connectivity index (χ1v) is 23.1. The summed E-state index contributed by atoms with van der Waals surface area (Å²) in [4.78, 5) is 12.9. The number of carbonyl (C=O) groups is 1. The summed E-state index contributed by atoms with van der Waals surface area (Å²) < 4.78 is 22.5. The van der Waals surface area contributed by atoms with Crippen molar-refractivity contribution in [1.82, 2.24) is 5.32 Å². The molecule has 0 aliphatic carbocycles. The van der Waals surface area contributed by atoms with Crippen LogP contribution in [0.15, 0.2) is 24.3 Å². The van der Waals surface area contributed by atoms with Crippen molar-refractivity contribution in [1.29, 1.82) is 0 Å². The molecule has 0 aromatic carbocycles. The first kappa shape index (κ1) is 53.6. The molecule has 0 saturated carbocycles. The Bertz CT molecular complexity index is 1090. The van der Waals surface area contributed by atoms with Gasteiger partial charge in [-0.25, -0.2) is 0 Å². The summed E-state index contributed by atoms with van der Waals surface area (Å²) in [6, 6.07) is -0.923. The maximum Gasteiger partial charge on any atom is 0.220 e. The van der Waals surface area contributed by atoms with Crippen LogP contribution in [0.4, 0.5) is 0 Å². The number of aliphatic hydroxyl groups is 8. The van der Waals surface area contributed by atoms with Crippen molar-refractivity contribution in [3.63, 3.8) is 0 Å². The van der Waals surface area contributed by atoms with Crippen LogP contribution in [0.3, 0.4) is 0 Å². The van der Waals surface area contributed by atoms with Crippen LogP contribution in [0.1, 0.15) is 162 Å². The number of hydrogen-bond donors (Lipinski definition) is 9. The van der Waals surface area contributed by atoms with Gasteiger partial charge in [0.1, 0.15) is 48.8 Å². The SMILES string of the molecule is CCCCCCCCCCCCCCC/C=C/CC/C=C/C(O)C(COC1OC(CO)C(OC2OC(CO)C(O)C(O)C2O)C(O)C1O)NC(=O)CCCCCCCC. The fourth-order valence-corrected chi connectivity index (χ4v) is 7.54. The normalized spacial score (nSPS) is 28.7. The van der Waals surface area contributed by atoms with Crippen LogP contribution in [-0.2, 0) is 23.7 Å². The van der Waals surface area contributed by atoms with E-state index in [1.807, 2.05) is 6.08 Å². The number of carbonyl (C=O) groups excluding carboxylic acids is 1. The van der Waals surface area contributed by atoms with Crippen LogP contribution in [0.5, 0.6) is 0 Å². The molecule has 346 valence electrons. The third-order valence-corrected chi connectivity index (χ3v) is 11.4. The summed E-state index contributed by atoms with van der Waals surface area (Å²) in [6.45, 7) is 2.67. The van der Waals surface area contributed by atoms with Crippen LogP contribution in [0, 0.1) is 0 Å². The van der Waals surface area contributed by atoms with Crippen molar-refractivity contribution >= 4 is 5.91 Å². The van der Waals surface area contributed by atoms with E-state index in [2.05, 4.69) is 31.3 Å². The second-order valence-corrected chi connectivity index (χ2v) is 16.5. The third-order valence-electron chi connectivity index (χ3n) is 11.4. The number of rotatable bonds is 34. The Hall–Kier alpha value is -1.53. The quantitative estimate of drug-likeness (QED) is 0.0319. The molecule has 0 aromatic heterocycles.